The first kappa shape index (κ1) is 28.9. The van der Waals surface area contributed by atoms with Crippen molar-refractivity contribution in [2.45, 2.75) is 72.1 Å². The summed E-state index contributed by atoms with van der Waals surface area (Å²) in [6.45, 7) is 9.82. The minimum absolute atomic E-state index is 0.125. The van der Waals surface area contributed by atoms with Gasteiger partial charge in [0, 0.05) is 19.0 Å². The van der Waals surface area contributed by atoms with Gasteiger partial charge in [-0.05, 0) is 78.5 Å². The first-order valence-corrected chi connectivity index (χ1v) is 14.0. The number of ether oxygens (including phenoxy) is 1. The van der Waals surface area contributed by atoms with E-state index >= 15 is 0 Å². The van der Waals surface area contributed by atoms with Crippen LogP contribution in [0.5, 0.6) is 0 Å². The highest BCUT2D eigenvalue weighted by Gasteiger charge is 2.30. The van der Waals surface area contributed by atoms with Crippen LogP contribution in [0.4, 0.5) is 0 Å². The van der Waals surface area contributed by atoms with Gasteiger partial charge in [-0.25, -0.2) is 4.79 Å². The van der Waals surface area contributed by atoms with Crippen LogP contribution in [0.3, 0.4) is 0 Å². The van der Waals surface area contributed by atoms with Gasteiger partial charge in [0.1, 0.15) is 13.2 Å². The summed E-state index contributed by atoms with van der Waals surface area (Å²) < 4.78 is 5.02. The fourth-order valence-electron chi connectivity index (χ4n) is 5.23. The molecule has 0 bridgehead atoms. The van der Waals surface area contributed by atoms with E-state index in [4.69, 9.17) is 9.84 Å². The zero-order chi connectivity index (χ0) is 26.8. The zero-order valence-corrected chi connectivity index (χ0v) is 23.1. The van der Waals surface area contributed by atoms with E-state index in [1.807, 2.05) is 4.90 Å². The largest absolute Gasteiger partial charge is 0.480 e. The third-order valence-corrected chi connectivity index (χ3v) is 7.51. The van der Waals surface area contributed by atoms with Gasteiger partial charge in [-0.3, -0.25) is 4.79 Å². The molecule has 0 atom stereocenters. The Bertz CT molecular complexity index is 917. The molecule has 1 fully saturated rings. The van der Waals surface area contributed by atoms with E-state index in [1.54, 1.807) is 0 Å². The molecule has 37 heavy (non-hydrogen) atoms. The van der Waals surface area contributed by atoms with E-state index < -0.39 is 12.6 Å². The number of benzene rings is 2. The Kier molecular flexibility index (Phi) is 11.2. The van der Waals surface area contributed by atoms with Crippen LogP contribution in [0, 0.1) is 17.8 Å². The first-order chi connectivity index (χ1) is 17.7. The number of carboxylic acids is 1. The zero-order valence-electron chi connectivity index (χ0n) is 23.1. The highest BCUT2D eigenvalue weighted by Crippen LogP contribution is 2.38. The van der Waals surface area contributed by atoms with Crippen LogP contribution >= 0.6 is 0 Å². The molecule has 0 radical (unpaired) electrons. The molecule has 2 aromatic carbocycles. The minimum atomic E-state index is -1.06. The minimum Gasteiger partial charge on any atom is -0.480 e. The maximum absolute atomic E-state index is 12.5. The number of aliphatic carboxylic acids is 1. The Labute approximate surface area is 223 Å². The summed E-state index contributed by atoms with van der Waals surface area (Å²) in [7, 11) is 0. The van der Waals surface area contributed by atoms with Crippen LogP contribution in [-0.4, -0.2) is 48.2 Å². The molecule has 0 aromatic heterocycles. The molecule has 1 aliphatic rings. The van der Waals surface area contributed by atoms with Gasteiger partial charge in [0.2, 0.25) is 5.91 Å². The monoisotopic (exact) mass is 507 g/mol. The molecular weight excluding hydrogens is 462 g/mol. The van der Waals surface area contributed by atoms with E-state index in [1.165, 1.54) is 35.1 Å². The van der Waals surface area contributed by atoms with Gasteiger partial charge in [-0.1, -0.05) is 76.2 Å². The molecule has 5 nitrogen and oxygen atoms in total. The van der Waals surface area contributed by atoms with Gasteiger partial charge in [0.05, 0.1) is 0 Å². The lowest BCUT2D eigenvalue weighted by molar-refractivity contribution is -0.146. The van der Waals surface area contributed by atoms with Crippen molar-refractivity contribution < 1.29 is 19.4 Å². The average molecular weight is 508 g/mol. The highest BCUT2D eigenvalue weighted by atomic mass is 16.5. The molecule has 1 aliphatic heterocycles. The molecule has 0 aliphatic carbocycles. The Morgan fingerprint density at radius 3 is 1.68 bits per heavy atom. The number of nitrogens with zero attached hydrogens (tertiary/aromatic N) is 1. The first-order valence-electron chi connectivity index (χ1n) is 14.0. The summed E-state index contributed by atoms with van der Waals surface area (Å²) >= 11 is 0. The van der Waals surface area contributed by atoms with Crippen molar-refractivity contribution in [3.05, 3.63) is 70.8 Å². The lowest BCUT2D eigenvalue weighted by Gasteiger charge is -2.36. The van der Waals surface area contributed by atoms with E-state index in [0.717, 1.165) is 25.7 Å². The van der Waals surface area contributed by atoms with Crippen LogP contribution in [-0.2, 0) is 27.2 Å². The van der Waals surface area contributed by atoms with Crippen molar-refractivity contribution in [2.75, 3.05) is 26.3 Å². The second kappa shape index (κ2) is 14.3. The van der Waals surface area contributed by atoms with Crippen LogP contribution in [0.15, 0.2) is 48.5 Å². The maximum atomic E-state index is 12.5. The van der Waals surface area contributed by atoms with Gasteiger partial charge >= 0.3 is 5.97 Å². The molecule has 1 saturated heterocycles. The van der Waals surface area contributed by atoms with Crippen molar-refractivity contribution in [2.24, 2.45) is 17.8 Å². The summed E-state index contributed by atoms with van der Waals surface area (Å²) in [5.41, 5.74) is 5.47. The van der Waals surface area contributed by atoms with E-state index in [-0.39, 0.29) is 12.5 Å². The number of likely N-dealkylation sites (tertiary alicyclic amines) is 1. The van der Waals surface area contributed by atoms with Crippen LogP contribution in [0.25, 0.3) is 0 Å². The van der Waals surface area contributed by atoms with Crippen molar-refractivity contribution >= 4 is 11.9 Å². The Balaban J connectivity index is 1.73. The Morgan fingerprint density at radius 2 is 1.27 bits per heavy atom. The van der Waals surface area contributed by atoms with Gasteiger partial charge in [0.15, 0.2) is 0 Å². The van der Waals surface area contributed by atoms with Crippen molar-refractivity contribution in [3.63, 3.8) is 0 Å². The number of hydrogen-bond acceptors (Lipinski definition) is 3. The lowest BCUT2D eigenvalue weighted by Crippen LogP contribution is -2.41. The number of rotatable bonds is 13. The number of carbonyl (C=O) groups excluding carboxylic acids is 1. The number of hydrogen-bond donors (Lipinski definition) is 1. The molecular formula is C32H45NO4. The molecule has 1 heterocycles. The Morgan fingerprint density at radius 1 is 0.811 bits per heavy atom. The summed E-state index contributed by atoms with van der Waals surface area (Å²) in [5.74, 6) is 0.944. The molecule has 0 saturated carbocycles. The fraction of sp³-hybridized carbons (Fsp3) is 0.562. The molecule has 202 valence electrons. The smallest absolute Gasteiger partial charge is 0.329 e. The number of piperidine rings is 1. The molecule has 3 rings (SSSR count). The van der Waals surface area contributed by atoms with Crippen molar-refractivity contribution in [1.29, 1.82) is 0 Å². The van der Waals surface area contributed by atoms with Crippen LogP contribution in [0.2, 0.25) is 0 Å². The predicted octanol–water partition coefficient (Wildman–Crippen LogP) is 6.34. The van der Waals surface area contributed by atoms with Crippen LogP contribution < -0.4 is 0 Å². The van der Waals surface area contributed by atoms with Crippen molar-refractivity contribution in [1.82, 2.24) is 4.90 Å². The standard InChI is InChI=1S/C32H45NO4/c1-23(2)5-7-25-9-13-27(14-10-25)32(28-15-11-26(12-16-28)8-6-24(3)4)29-17-19-33(20-18-29)30(34)21-37-22-31(35)36/h9-16,23-24,29,32H,5-8,17-22H2,1-4H3,(H,35,36). The molecule has 0 spiro atoms. The van der Waals surface area contributed by atoms with Gasteiger partial charge in [-0.15, -0.1) is 0 Å². The van der Waals surface area contributed by atoms with E-state index in [2.05, 4.69) is 76.2 Å². The SMILES string of the molecule is CC(C)CCc1ccc(C(c2ccc(CCC(C)C)cc2)C2CCN(C(=O)COCC(=O)O)CC2)cc1. The number of carbonyl (C=O) groups is 2. The number of carboxylic acid groups (broad SMARTS) is 1. The molecule has 1 N–H and O–H groups in total. The second-order valence-corrected chi connectivity index (χ2v) is 11.4. The van der Waals surface area contributed by atoms with E-state index in [0.29, 0.717) is 36.8 Å². The summed E-state index contributed by atoms with van der Waals surface area (Å²) in [4.78, 5) is 25.0. The third kappa shape index (κ3) is 9.30. The highest BCUT2D eigenvalue weighted by molar-refractivity contribution is 5.78. The quantitative estimate of drug-likeness (QED) is 0.344. The average Bonchev–Trinajstić information content (AvgIpc) is 2.88. The second-order valence-electron chi connectivity index (χ2n) is 11.4. The number of aryl methyl sites for hydroxylation is 2. The Hall–Kier alpha value is -2.66. The van der Waals surface area contributed by atoms with Gasteiger partial charge in [-0.2, -0.15) is 0 Å². The molecule has 5 heteroatoms. The topological polar surface area (TPSA) is 66.8 Å². The normalized spacial score (nSPS) is 14.6. The van der Waals surface area contributed by atoms with E-state index in [9.17, 15) is 9.59 Å². The maximum Gasteiger partial charge on any atom is 0.329 e. The lowest BCUT2D eigenvalue weighted by atomic mass is 9.75. The molecule has 1 amide bonds. The summed E-state index contributed by atoms with van der Waals surface area (Å²) in [6, 6.07) is 18.4. The van der Waals surface area contributed by atoms with Gasteiger partial charge < -0.3 is 14.7 Å². The van der Waals surface area contributed by atoms with Gasteiger partial charge in [0.25, 0.3) is 0 Å². The fourth-order valence-corrected chi connectivity index (χ4v) is 5.23. The summed E-state index contributed by atoms with van der Waals surface area (Å²) in [6.07, 6.45) is 6.45. The third-order valence-electron chi connectivity index (χ3n) is 7.51. The van der Waals surface area contributed by atoms with Crippen LogP contribution in [0.1, 0.15) is 81.5 Å². The molecule has 0 unspecified atom stereocenters. The predicted molar refractivity (Wildman–Crippen MR) is 149 cm³/mol. The van der Waals surface area contributed by atoms with Crippen molar-refractivity contribution in [3.8, 4) is 0 Å². The summed E-state index contributed by atoms with van der Waals surface area (Å²) in [5, 5.41) is 8.74. The number of amides is 1. The molecule has 2 aromatic rings.